The third-order valence-corrected chi connectivity index (χ3v) is 13.0. The molecule has 3 unspecified atom stereocenters. The molecule has 0 aromatic rings. The minimum Gasteiger partial charge on any atom is -0.296 e. The number of hydrogen-bond donors (Lipinski definition) is 0. The predicted molar refractivity (Wildman–Crippen MR) is 87.7 cm³/mol. The Morgan fingerprint density at radius 1 is 0.950 bits per heavy atom. The quantitative estimate of drug-likeness (QED) is 0.214. The number of ketones is 1. The van der Waals surface area contributed by atoms with Gasteiger partial charge in [-0.2, -0.15) is 19.4 Å². The van der Waals surface area contributed by atoms with Gasteiger partial charge in [-0.1, -0.05) is 43.5 Å². The maximum atomic E-state index is 13.4. The summed E-state index contributed by atoms with van der Waals surface area (Å²) in [7, 11) is 0. The van der Waals surface area contributed by atoms with Crippen molar-refractivity contribution in [2.45, 2.75) is 22.0 Å². The Morgan fingerprint density at radius 2 is 1.45 bits per heavy atom. The second-order valence-electron chi connectivity index (χ2n) is 3.52. The number of carbonyl (C=O) groups excluding carboxylic acids is 1. The highest BCUT2D eigenvalue weighted by Crippen LogP contribution is 2.76. The summed E-state index contributed by atoms with van der Waals surface area (Å²) in [5.41, 5.74) is 0. The van der Waals surface area contributed by atoms with Gasteiger partial charge in [0.2, 0.25) is 4.21 Å². The average molecular weight is 541 g/mol. The molecule has 14 heteroatoms. The van der Waals surface area contributed by atoms with E-state index in [9.17, 15) is 24.2 Å². The molecule has 0 aliphatic heterocycles. The topological polar surface area (TPSA) is 17.1 Å². The van der Waals surface area contributed by atoms with Crippen LogP contribution < -0.4 is 0 Å². The lowest BCUT2D eigenvalue weighted by atomic mass is 9.95. The summed E-state index contributed by atoms with van der Waals surface area (Å²) in [6, 6.07) is 0. The second kappa shape index (κ2) is 7.06. The van der Waals surface area contributed by atoms with E-state index in [1.54, 1.807) is 0 Å². The second-order valence-corrected chi connectivity index (χ2v) is 12.1. The molecule has 1 aliphatic carbocycles. The summed E-state index contributed by atoms with van der Waals surface area (Å²) in [6.07, 6.45) is -0.792. The van der Waals surface area contributed by atoms with Gasteiger partial charge in [-0.25, -0.2) is 0 Å². The van der Waals surface area contributed by atoms with Crippen molar-refractivity contribution in [3.05, 3.63) is 0 Å². The third-order valence-electron chi connectivity index (χ3n) is 2.63. The zero-order valence-electron chi connectivity index (χ0n) is 8.68. The molecule has 1 aliphatic rings. The molecule has 118 valence electrons. The Labute approximate surface area is 155 Å². The van der Waals surface area contributed by atoms with Crippen LogP contribution in [0, 0.1) is 0 Å². The number of halogens is 8. The van der Waals surface area contributed by atoms with Crippen molar-refractivity contribution in [1.82, 2.24) is 0 Å². The molecule has 1 saturated carbocycles. The van der Waals surface area contributed by atoms with Crippen LogP contribution >= 0.6 is 104 Å². The van der Waals surface area contributed by atoms with Crippen LogP contribution in [0.1, 0.15) is 6.42 Å². The molecular formula is C6H2Br2ClF5OS5. The molecule has 1 nitrogen and oxygen atoms in total. The third kappa shape index (κ3) is 2.48. The lowest BCUT2D eigenvalue weighted by Gasteiger charge is -2.54. The average Bonchev–Trinajstić information content (AvgIpc) is 2.46. The summed E-state index contributed by atoms with van der Waals surface area (Å²) < 4.78 is 56.5. The zero-order chi connectivity index (χ0) is 15.8. The number of Topliss-reactive ketones (excluding diaryl/α,β-unsaturated/α-hetero) is 1. The predicted octanol–water partition coefficient (Wildman–Crippen LogP) is 6.86. The molecule has 20 heavy (non-hydrogen) atoms. The van der Waals surface area contributed by atoms with Gasteiger partial charge in [-0.05, 0) is 0 Å². The van der Waals surface area contributed by atoms with Crippen molar-refractivity contribution >= 4 is 110 Å². The fourth-order valence-electron chi connectivity index (χ4n) is 1.56. The Bertz CT molecular complexity index is 408. The number of alkyl halides is 3. The highest BCUT2D eigenvalue weighted by Gasteiger charge is 2.81. The van der Waals surface area contributed by atoms with E-state index < -0.39 is 88.5 Å². The molecular weight excluding hydrogens is 539 g/mol. The first-order chi connectivity index (χ1) is 9.18. The first kappa shape index (κ1) is 20.4. The van der Waals surface area contributed by atoms with Gasteiger partial charge < -0.3 is 0 Å². The van der Waals surface area contributed by atoms with Gasteiger partial charge in [0.15, 0.2) is 13.5 Å². The molecule has 0 aromatic carbocycles. The molecule has 0 bridgehead atoms. The number of hydrogen-bond acceptors (Lipinski definition) is 6. The van der Waals surface area contributed by atoms with E-state index in [-0.39, 0.29) is 0 Å². The van der Waals surface area contributed by atoms with Gasteiger partial charge in [0.25, 0.3) is 0 Å². The SMILES string of the molecule is O=C1CC(Br)(SF)C(Br)(SF)C(SF)(SF)C1(Cl)SF. The van der Waals surface area contributed by atoms with Crippen LogP contribution in [-0.4, -0.2) is 21.4 Å². The summed E-state index contributed by atoms with van der Waals surface area (Å²) in [5.74, 6) is -1.17. The van der Waals surface area contributed by atoms with Gasteiger partial charge >= 0.3 is 0 Å². The lowest BCUT2D eigenvalue weighted by Crippen LogP contribution is -2.69. The molecule has 0 amide bonds. The van der Waals surface area contributed by atoms with Gasteiger partial charge in [-0.3, -0.25) is 4.79 Å². The van der Waals surface area contributed by atoms with Gasteiger partial charge in [-0.15, -0.1) is 0 Å². The van der Waals surface area contributed by atoms with Crippen LogP contribution in [0.4, 0.5) is 19.4 Å². The smallest absolute Gasteiger partial charge is 0.209 e. The minimum atomic E-state index is -2.82. The molecule has 0 radical (unpaired) electrons. The summed E-state index contributed by atoms with van der Waals surface area (Å²) in [4.78, 5) is 11.9. The van der Waals surface area contributed by atoms with Crippen molar-refractivity contribution in [3.63, 3.8) is 0 Å². The van der Waals surface area contributed by atoms with Crippen molar-refractivity contribution < 1.29 is 24.2 Å². The molecule has 1 rings (SSSR count). The molecule has 0 spiro atoms. The van der Waals surface area contributed by atoms with Crippen LogP contribution in [0.3, 0.4) is 0 Å². The maximum Gasteiger partial charge on any atom is 0.209 e. The Hall–Kier alpha value is 2.32. The maximum absolute atomic E-state index is 13.4. The van der Waals surface area contributed by atoms with Crippen molar-refractivity contribution in [1.29, 1.82) is 0 Å². The van der Waals surface area contributed by atoms with Crippen LogP contribution in [-0.2, 0) is 4.79 Å². The van der Waals surface area contributed by atoms with Crippen LogP contribution in [0.15, 0.2) is 0 Å². The number of rotatable bonds is 5. The largest absolute Gasteiger partial charge is 0.296 e. The van der Waals surface area contributed by atoms with Crippen LogP contribution in [0.2, 0.25) is 0 Å². The normalized spacial score (nSPS) is 40.9. The first-order valence-corrected chi connectivity index (χ1v) is 9.82. The van der Waals surface area contributed by atoms with E-state index in [1.165, 1.54) is 0 Å². The van der Waals surface area contributed by atoms with E-state index in [0.29, 0.717) is 0 Å². The molecule has 1 fully saturated rings. The van der Waals surface area contributed by atoms with Crippen molar-refractivity contribution in [3.8, 4) is 0 Å². The lowest BCUT2D eigenvalue weighted by molar-refractivity contribution is -0.121. The van der Waals surface area contributed by atoms with Crippen molar-refractivity contribution in [2.24, 2.45) is 0 Å². The number of carbonyl (C=O) groups is 1. The van der Waals surface area contributed by atoms with Crippen LogP contribution in [0.25, 0.3) is 0 Å². The highest BCUT2D eigenvalue weighted by atomic mass is 79.9. The summed E-state index contributed by atoms with van der Waals surface area (Å²) in [6.45, 7) is 0. The van der Waals surface area contributed by atoms with Crippen molar-refractivity contribution in [2.75, 3.05) is 0 Å². The molecule has 0 saturated heterocycles. The van der Waals surface area contributed by atoms with Crippen LogP contribution in [0.5, 0.6) is 0 Å². The Kier molecular flexibility index (Phi) is 7.19. The fourth-order valence-corrected chi connectivity index (χ4v) is 7.73. The summed E-state index contributed by atoms with van der Waals surface area (Å²) in [5, 5.41) is 0. The van der Waals surface area contributed by atoms with E-state index in [0.717, 1.165) is 0 Å². The van der Waals surface area contributed by atoms with Gasteiger partial charge in [0.1, 0.15) is 3.66 Å². The van der Waals surface area contributed by atoms with E-state index >= 15 is 0 Å². The zero-order valence-corrected chi connectivity index (χ0v) is 16.7. The molecule has 0 heterocycles. The fraction of sp³-hybridized carbons (Fsp3) is 0.833. The summed E-state index contributed by atoms with van der Waals surface area (Å²) >= 11 is 7.44. The van der Waals surface area contributed by atoms with E-state index in [2.05, 4.69) is 31.9 Å². The van der Waals surface area contributed by atoms with Gasteiger partial charge in [0, 0.05) is 6.42 Å². The monoisotopic (exact) mass is 538 g/mol. The highest BCUT2D eigenvalue weighted by molar-refractivity contribution is 9.15. The molecule has 3 atom stereocenters. The van der Waals surface area contributed by atoms with E-state index in [4.69, 9.17) is 11.6 Å². The molecule has 0 aromatic heterocycles. The Balaban J connectivity index is 3.66. The van der Waals surface area contributed by atoms with Gasteiger partial charge in [0.05, 0.1) is 60.7 Å². The standard InChI is InChI=1S/C6H2Br2ClF5OS5/c7-3(16-10)1-2(15)4(9,17-11)6(19-13,20-14)5(3,8)18-12/h1H2. The Morgan fingerprint density at radius 3 is 1.75 bits per heavy atom. The van der Waals surface area contributed by atoms with E-state index in [1.807, 2.05) is 0 Å². The first-order valence-electron chi connectivity index (χ1n) is 4.27. The molecule has 0 N–H and O–H groups in total. The minimum absolute atomic E-state index is 0.535.